The number of carbonyl (C=O) groups is 1. The van der Waals surface area contributed by atoms with Crippen LogP contribution in [0, 0.1) is 18.3 Å². The maximum absolute atomic E-state index is 11.4. The van der Waals surface area contributed by atoms with Gasteiger partial charge in [0.2, 0.25) is 0 Å². The summed E-state index contributed by atoms with van der Waals surface area (Å²) in [6, 6.07) is 7.28. The van der Waals surface area contributed by atoms with Gasteiger partial charge in [-0.1, -0.05) is 18.9 Å². The van der Waals surface area contributed by atoms with Crippen molar-refractivity contribution >= 4 is 11.7 Å². The fourth-order valence-corrected chi connectivity index (χ4v) is 2.64. The molecule has 0 spiro atoms. The van der Waals surface area contributed by atoms with E-state index in [1.54, 1.807) is 0 Å². The first-order valence-electron chi connectivity index (χ1n) is 6.63. The highest BCUT2D eigenvalue weighted by atomic mass is 16.4. The van der Waals surface area contributed by atoms with Gasteiger partial charge in [-0.15, -0.1) is 0 Å². The zero-order chi connectivity index (χ0) is 13.8. The minimum Gasteiger partial charge on any atom is -0.480 e. The van der Waals surface area contributed by atoms with E-state index in [-0.39, 0.29) is 0 Å². The molecule has 0 aromatic heterocycles. The van der Waals surface area contributed by atoms with E-state index < -0.39 is 12.0 Å². The van der Waals surface area contributed by atoms with E-state index in [0.717, 1.165) is 30.5 Å². The van der Waals surface area contributed by atoms with Gasteiger partial charge in [0.1, 0.15) is 12.1 Å². The predicted octanol–water partition coefficient (Wildman–Crippen LogP) is 2.70. The normalized spacial score (nSPS) is 19.6. The lowest BCUT2D eigenvalue weighted by Gasteiger charge is -2.30. The van der Waals surface area contributed by atoms with Gasteiger partial charge in [-0.2, -0.15) is 5.26 Å². The molecule has 1 aromatic carbocycles. The molecule has 4 nitrogen and oxygen atoms in total. The number of rotatable bonds is 2. The van der Waals surface area contributed by atoms with Crippen LogP contribution >= 0.6 is 0 Å². The van der Waals surface area contributed by atoms with E-state index >= 15 is 0 Å². The summed E-state index contributed by atoms with van der Waals surface area (Å²) in [4.78, 5) is 13.3. The van der Waals surface area contributed by atoms with Gasteiger partial charge in [0.15, 0.2) is 0 Å². The standard InChI is InChI=1S/C15H18N2O2/c1-11-6-7-13(12(9-11)10-16)17-8-4-2-3-5-14(17)15(18)19/h6-7,9,14H,2-5,8H2,1H3,(H,18,19). The van der Waals surface area contributed by atoms with Gasteiger partial charge in [0.25, 0.3) is 0 Å². The van der Waals surface area contributed by atoms with E-state index in [0.29, 0.717) is 18.5 Å². The molecule has 2 rings (SSSR count). The molecule has 1 unspecified atom stereocenters. The first-order valence-corrected chi connectivity index (χ1v) is 6.63. The van der Waals surface area contributed by atoms with Crippen LogP contribution in [0.25, 0.3) is 0 Å². The number of hydrogen-bond donors (Lipinski definition) is 1. The Balaban J connectivity index is 2.42. The van der Waals surface area contributed by atoms with Crippen LogP contribution in [0.5, 0.6) is 0 Å². The van der Waals surface area contributed by atoms with Gasteiger partial charge in [-0.25, -0.2) is 4.79 Å². The summed E-state index contributed by atoms with van der Waals surface area (Å²) >= 11 is 0. The van der Waals surface area contributed by atoms with Crippen molar-refractivity contribution in [2.75, 3.05) is 11.4 Å². The van der Waals surface area contributed by atoms with Gasteiger partial charge in [-0.05, 0) is 37.5 Å². The summed E-state index contributed by atoms with van der Waals surface area (Å²) in [5.74, 6) is -0.800. The Bertz CT molecular complexity index is 519. The van der Waals surface area contributed by atoms with Crippen molar-refractivity contribution in [1.82, 2.24) is 0 Å². The number of anilines is 1. The molecule has 4 heteroatoms. The second-order valence-electron chi connectivity index (χ2n) is 5.03. The van der Waals surface area contributed by atoms with Crippen LogP contribution in [0.3, 0.4) is 0 Å². The molecule has 1 fully saturated rings. The summed E-state index contributed by atoms with van der Waals surface area (Å²) in [6.07, 6.45) is 3.60. The Kier molecular flexibility index (Phi) is 4.06. The quantitative estimate of drug-likeness (QED) is 0.885. The van der Waals surface area contributed by atoms with Crippen LogP contribution < -0.4 is 4.90 Å². The van der Waals surface area contributed by atoms with Crippen molar-refractivity contribution in [3.05, 3.63) is 29.3 Å². The fraction of sp³-hybridized carbons (Fsp3) is 0.467. The van der Waals surface area contributed by atoms with Crippen molar-refractivity contribution < 1.29 is 9.90 Å². The summed E-state index contributed by atoms with van der Waals surface area (Å²) in [5, 5.41) is 18.6. The summed E-state index contributed by atoms with van der Waals surface area (Å²) in [6.45, 7) is 2.64. The van der Waals surface area contributed by atoms with Crippen LogP contribution in [0.4, 0.5) is 5.69 Å². The number of benzene rings is 1. The first kappa shape index (κ1) is 13.4. The minimum absolute atomic E-state index is 0.516. The maximum Gasteiger partial charge on any atom is 0.326 e. The summed E-state index contributed by atoms with van der Waals surface area (Å²) < 4.78 is 0. The van der Waals surface area contributed by atoms with Gasteiger partial charge in [-0.3, -0.25) is 0 Å². The third-order valence-electron chi connectivity index (χ3n) is 3.62. The highest BCUT2D eigenvalue weighted by molar-refractivity contribution is 5.79. The van der Waals surface area contributed by atoms with E-state index in [9.17, 15) is 15.2 Å². The number of aliphatic carboxylic acids is 1. The summed E-state index contributed by atoms with van der Waals surface area (Å²) in [5.41, 5.74) is 2.33. The van der Waals surface area contributed by atoms with Gasteiger partial charge < -0.3 is 10.0 Å². The lowest BCUT2D eigenvalue weighted by molar-refractivity contribution is -0.138. The predicted molar refractivity (Wildman–Crippen MR) is 73.1 cm³/mol. The van der Waals surface area contributed by atoms with E-state index in [4.69, 9.17) is 0 Å². The molecule has 1 aromatic rings. The Hall–Kier alpha value is -2.02. The lowest BCUT2D eigenvalue weighted by atomic mass is 10.1. The fourth-order valence-electron chi connectivity index (χ4n) is 2.64. The monoisotopic (exact) mass is 258 g/mol. The minimum atomic E-state index is -0.800. The number of carboxylic acids is 1. The molecule has 0 aliphatic carbocycles. The number of hydrogen-bond acceptors (Lipinski definition) is 3. The van der Waals surface area contributed by atoms with Gasteiger partial charge >= 0.3 is 5.97 Å². The maximum atomic E-state index is 11.4. The van der Waals surface area contributed by atoms with Gasteiger partial charge in [0, 0.05) is 6.54 Å². The highest BCUT2D eigenvalue weighted by Crippen LogP contribution is 2.28. The highest BCUT2D eigenvalue weighted by Gasteiger charge is 2.28. The molecular formula is C15H18N2O2. The molecule has 0 radical (unpaired) electrons. The van der Waals surface area contributed by atoms with Crippen molar-refractivity contribution in [2.45, 2.75) is 38.6 Å². The molecule has 1 aliphatic rings. The van der Waals surface area contributed by atoms with Crippen LogP contribution in [-0.4, -0.2) is 23.7 Å². The van der Waals surface area contributed by atoms with Crippen molar-refractivity contribution in [3.63, 3.8) is 0 Å². The second kappa shape index (κ2) is 5.75. The van der Waals surface area contributed by atoms with E-state index in [1.165, 1.54) is 0 Å². The second-order valence-corrected chi connectivity index (χ2v) is 5.03. The van der Waals surface area contributed by atoms with Crippen LogP contribution in [0.1, 0.15) is 36.8 Å². The Morgan fingerprint density at radius 1 is 1.42 bits per heavy atom. The number of nitrogens with zero attached hydrogens (tertiary/aromatic N) is 2. The average molecular weight is 258 g/mol. The average Bonchev–Trinajstić information content (AvgIpc) is 2.64. The smallest absolute Gasteiger partial charge is 0.326 e. The van der Waals surface area contributed by atoms with Crippen LogP contribution in [0.2, 0.25) is 0 Å². The number of nitriles is 1. The molecule has 1 saturated heterocycles. The topological polar surface area (TPSA) is 64.3 Å². The molecular weight excluding hydrogens is 240 g/mol. The van der Waals surface area contributed by atoms with E-state index in [2.05, 4.69) is 6.07 Å². The zero-order valence-electron chi connectivity index (χ0n) is 11.1. The Morgan fingerprint density at radius 2 is 2.21 bits per heavy atom. The van der Waals surface area contributed by atoms with Crippen molar-refractivity contribution in [1.29, 1.82) is 5.26 Å². The number of aryl methyl sites for hydroxylation is 1. The largest absolute Gasteiger partial charge is 0.480 e. The zero-order valence-corrected chi connectivity index (χ0v) is 11.1. The molecule has 100 valence electrons. The molecule has 19 heavy (non-hydrogen) atoms. The number of carboxylic acid groups (broad SMARTS) is 1. The summed E-state index contributed by atoms with van der Waals surface area (Å²) in [7, 11) is 0. The van der Waals surface area contributed by atoms with Crippen molar-refractivity contribution in [3.8, 4) is 6.07 Å². The third-order valence-corrected chi connectivity index (χ3v) is 3.62. The molecule has 1 heterocycles. The SMILES string of the molecule is Cc1ccc(N2CCCCCC2C(=O)O)c(C#N)c1. The van der Waals surface area contributed by atoms with Crippen LogP contribution in [-0.2, 0) is 4.79 Å². The van der Waals surface area contributed by atoms with Crippen molar-refractivity contribution in [2.24, 2.45) is 0 Å². The first-order chi connectivity index (χ1) is 9.13. The third kappa shape index (κ3) is 2.87. The molecule has 0 saturated carbocycles. The van der Waals surface area contributed by atoms with Gasteiger partial charge in [0.05, 0.1) is 11.3 Å². The Labute approximate surface area is 113 Å². The molecule has 1 atom stereocenters. The molecule has 0 amide bonds. The Morgan fingerprint density at radius 3 is 2.89 bits per heavy atom. The lowest BCUT2D eigenvalue weighted by Crippen LogP contribution is -2.41. The van der Waals surface area contributed by atoms with E-state index in [1.807, 2.05) is 30.0 Å². The van der Waals surface area contributed by atoms with Crippen LogP contribution in [0.15, 0.2) is 18.2 Å². The molecule has 1 N–H and O–H groups in total. The molecule has 1 aliphatic heterocycles. The molecule has 0 bridgehead atoms.